The van der Waals surface area contributed by atoms with Crippen molar-refractivity contribution in [2.75, 3.05) is 7.11 Å². The van der Waals surface area contributed by atoms with E-state index in [1.165, 1.54) is 18.9 Å². The lowest BCUT2D eigenvalue weighted by Crippen LogP contribution is -2.11. The lowest BCUT2D eigenvalue weighted by molar-refractivity contribution is 0.0600. The van der Waals surface area contributed by atoms with Crippen molar-refractivity contribution < 1.29 is 9.53 Å². The van der Waals surface area contributed by atoms with Crippen LogP contribution in [0, 0.1) is 0 Å². The van der Waals surface area contributed by atoms with Gasteiger partial charge in [-0.2, -0.15) is 0 Å². The van der Waals surface area contributed by atoms with Gasteiger partial charge in [-0.1, -0.05) is 30.8 Å². The third-order valence-electron chi connectivity index (χ3n) is 2.67. The van der Waals surface area contributed by atoms with E-state index in [-0.39, 0.29) is 12.0 Å². The molecule has 104 valence electrons. The number of methoxy groups -OCH3 is 1. The first-order valence-electron chi connectivity index (χ1n) is 6.20. The minimum Gasteiger partial charge on any atom is -0.465 e. The zero-order valence-electron chi connectivity index (χ0n) is 11.6. The molecule has 0 radical (unpaired) electrons. The van der Waals surface area contributed by atoms with E-state index < -0.39 is 0 Å². The molecule has 4 nitrogen and oxygen atoms in total. The molecule has 2 N–H and O–H groups in total. The molecule has 1 aromatic rings. The average molecular weight is 280 g/mol. The second kappa shape index (κ2) is 7.84. The SMILES string of the molecule is CC[C@@H](C)N=C(N)SCc1cccc(C(=O)OC)c1. The fourth-order valence-corrected chi connectivity index (χ4v) is 2.16. The van der Waals surface area contributed by atoms with Crippen LogP contribution in [0.5, 0.6) is 0 Å². The number of nitrogens with two attached hydrogens (primary N) is 1. The third-order valence-corrected chi connectivity index (χ3v) is 3.55. The Labute approximate surface area is 118 Å². The highest BCUT2D eigenvalue weighted by Gasteiger charge is 2.06. The molecule has 0 fully saturated rings. The summed E-state index contributed by atoms with van der Waals surface area (Å²) in [6.07, 6.45) is 0.971. The van der Waals surface area contributed by atoms with Crippen LogP contribution in [0.15, 0.2) is 29.3 Å². The van der Waals surface area contributed by atoms with Gasteiger partial charge in [-0.15, -0.1) is 0 Å². The zero-order chi connectivity index (χ0) is 14.3. The Morgan fingerprint density at radius 2 is 2.26 bits per heavy atom. The molecule has 0 bridgehead atoms. The maximum Gasteiger partial charge on any atom is 0.337 e. The van der Waals surface area contributed by atoms with Gasteiger partial charge >= 0.3 is 5.97 Å². The van der Waals surface area contributed by atoms with Crippen LogP contribution in [0.2, 0.25) is 0 Å². The van der Waals surface area contributed by atoms with Gasteiger partial charge in [0.1, 0.15) is 0 Å². The van der Waals surface area contributed by atoms with Crippen molar-refractivity contribution >= 4 is 22.9 Å². The van der Waals surface area contributed by atoms with Gasteiger partial charge in [0.25, 0.3) is 0 Å². The highest BCUT2D eigenvalue weighted by molar-refractivity contribution is 8.13. The van der Waals surface area contributed by atoms with Crippen LogP contribution in [-0.2, 0) is 10.5 Å². The quantitative estimate of drug-likeness (QED) is 0.512. The molecule has 0 aliphatic carbocycles. The van der Waals surface area contributed by atoms with E-state index in [4.69, 9.17) is 5.73 Å². The number of esters is 1. The van der Waals surface area contributed by atoms with Gasteiger partial charge in [0.15, 0.2) is 5.17 Å². The number of carbonyl (C=O) groups is 1. The summed E-state index contributed by atoms with van der Waals surface area (Å²) < 4.78 is 4.69. The minimum absolute atomic E-state index is 0.244. The summed E-state index contributed by atoms with van der Waals surface area (Å²) >= 11 is 1.48. The molecule has 0 aliphatic rings. The van der Waals surface area contributed by atoms with Crippen LogP contribution in [0.1, 0.15) is 36.2 Å². The highest BCUT2D eigenvalue weighted by atomic mass is 32.2. The number of benzene rings is 1. The largest absolute Gasteiger partial charge is 0.465 e. The number of carbonyl (C=O) groups excluding carboxylic acids is 1. The second-order valence-corrected chi connectivity index (χ2v) is 5.20. The summed E-state index contributed by atoms with van der Waals surface area (Å²) in [4.78, 5) is 15.8. The Kier molecular flexibility index (Phi) is 6.42. The monoisotopic (exact) mass is 280 g/mol. The van der Waals surface area contributed by atoms with Gasteiger partial charge < -0.3 is 10.5 Å². The standard InChI is InChI=1S/C14H20N2O2S/c1-4-10(2)16-14(15)19-9-11-6-5-7-12(8-11)13(17)18-3/h5-8,10H,4,9H2,1-3H3,(H2,15,16)/t10-/m1/s1. The number of amidine groups is 1. The van der Waals surface area contributed by atoms with Crippen molar-refractivity contribution in [3.05, 3.63) is 35.4 Å². The zero-order valence-corrected chi connectivity index (χ0v) is 12.4. The molecule has 0 aromatic heterocycles. The molecule has 0 spiro atoms. The fourth-order valence-electron chi connectivity index (χ4n) is 1.41. The minimum atomic E-state index is -0.326. The number of thioether (sulfide) groups is 1. The van der Waals surface area contributed by atoms with Crippen molar-refractivity contribution in [2.45, 2.75) is 32.1 Å². The van der Waals surface area contributed by atoms with Crippen molar-refractivity contribution in [1.82, 2.24) is 0 Å². The predicted molar refractivity (Wildman–Crippen MR) is 80.5 cm³/mol. The van der Waals surface area contributed by atoms with Gasteiger partial charge in [-0.05, 0) is 31.0 Å². The van der Waals surface area contributed by atoms with Crippen molar-refractivity contribution in [2.24, 2.45) is 10.7 Å². The maximum absolute atomic E-state index is 11.4. The van der Waals surface area contributed by atoms with E-state index in [1.54, 1.807) is 6.07 Å². The Hall–Kier alpha value is -1.49. The Bertz CT molecular complexity index is 461. The lowest BCUT2D eigenvalue weighted by atomic mass is 10.1. The molecule has 1 rings (SSSR count). The van der Waals surface area contributed by atoms with E-state index in [0.29, 0.717) is 16.5 Å². The highest BCUT2D eigenvalue weighted by Crippen LogP contribution is 2.15. The van der Waals surface area contributed by atoms with Gasteiger partial charge in [-0.3, -0.25) is 4.99 Å². The van der Waals surface area contributed by atoms with Gasteiger partial charge in [-0.25, -0.2) is 4.79 Å². The number of ether oxygens (including phenoxy) is 1. The first-order valence-corrected chi connectivity index (χ1v) is 7.18. The predicted octanol–water partition coefficient (Wildman–Crippen LogP) is 2.82. The Balaban J connectivity index is 2.63. The van der Waals surface area contributed by atoms with Gasteiger partial charge in [0.05, 0.1) is 12.7 Å². The summed E-state index contributed by atoms with van der Waals surface area (Å²) in [6, 6.07) is 7.58. The topological polar surface area (TPSA) is 64.7 Å². The molecular weight excluding hydrogens is 260 g/mol. The van der Waals surface area contributed by atoms with E-state index in [2.05, 4.69) is 16.7 Å². The maximum atomic E-state index is 11.4. The van der Waals surface area contributed by atoms with Crippen molar-refractivity contribution in [1.29, 1.82) is 0 Å². The van der Waals surface area contributed by atoms with Crippen LogP contribution in [0.4, 0.5) is 0 Å². The second-order valence-electron chi connectivity index (χ2n) is 4.21. The van der Waals surface area contributed by atoms with Crippen LogP contribution in [0.3, 0.4) is 0 Å². The van der Waals surface area contributed by atoms with E-state index in [0.717, 1.165) is 12.0 Å². The summed E-state index contributed by atoms with van der Waals surface area (Å²) in [5.41, 5.74) is 7.42. The molecule has 0 saturated heterocycles. The normalized spacial score (nSPS) is 13.1. The molecule has 0 aliphatic heterocycles. The smallest absolute Gasteiger partial charge is 0.337 e. The van der Waals surface area contributed by atoms with Gasteiger partial charge in [0.2, 0.25) is 0 Å². The van der Waals surface area contributed by atoms with Crippen molar-refractivity contribution in [3.8, 4) is 0 Å². The molecule has 5 heteroatoms. The summed E-state index contributed by atoms with van der Waals surface area (Å²) in [7, 11) is 1.38. The number of aliphatic imine (C=N–C) groups is 1. The third kappa shape index (κ3) is 5.34. The summed E-state index contributed by atoms with van der Waals surface area (Å²) in [6.45, 7) is 4.11. The average Bonchev–Trinajstić information content (AvgIpc) is 2.44. The molecule has 0 unspecified atom stereocenters. The first kappa shape index (κ1) is 15.6. The van der Waals surface area contributed by atoms with E-state index in [9.17, 15) is 4.79 Å². The van der Waals surface area contributed by atoms with Crippen LogP contribution in [0.25, 0.3) is 0 Å². The molecule has 0 saturated carbocycles. The summed E-state index contributed by atoms with van der Waals surface area (Å²) in [5, 5.41) is 0.581. The molecule has 0 heterocycles. The number of hydrogen-bond donors (Lipinski definition) is 1. The Morgan fingerprint density at radius 3 is 2.89 bits per heavy atom. The van der Waals surface area contributed by atoms with Crippen LogP contribution in [-0.4, -0.2) is 24.3 Å². The lowest BCUT2D eigenvalue weighted by Gasteiger charge is -2.06. The van der Waals surface area contributed by atoms with E-state index >= 15 is 0 Å². The van der Waals surface area contributed by atoms with Crippen LogP contribution < -0.4 is 5.73 Å². The number of rotatable bonds is 5. The van der Waals surface area contributed by atoms with E-state index in [1.807, 2.05) is 25.1 Å². The molecule has 1 atom stereocenters. The Morgan fingerprint density at radius 1 is 1.53 bits per heavy atom. The fraction of sp³-hybridized carbons (Fsp3) is 0.429. The molecule has 19 heavy (non-hydrogen) atoms. The molecule has 1 aromatic carbocycles. The summed E-state index contributed by atoms with van der Waals surface area (Å²) in [5.74, 6) is 0.365. The van der Waals surface area contributed by atoms with Crippen molar-refractivity contribution in [3.63, 3.8) is 0 Å². The number of nitrogens with zero attached hydrogens (tertiary/aromatic N) is 1. The first-order chi connectivity index (χ1) is 9.06. The van der Waals surface area contributed by atoms with Gasteiger partial charge in [0, 0.05) is 11.8 Å². The molecular formula is C14H20N2O2S. The van der Waals surface area contributed by atoms with Crippen LogP contribution >= 0.6 is 11.8 Å². The number of hydrogen-bond acceptors (Lipinski definition) is 4. The molecule has 0 amide bonds.